The smallest absolute Gasteiger partial charge is 0.119 e. The molecule has 108 valence electrons. The second-order valence-electron chi connectivity index (χ2n) is 5.22. The zero-order chi connectivity index (χ0) is 15.7. The maximum absolute atomic E-state index is 9.28. The summed E-state index contributed by atoms with van der Waals surface area (Å²) in [6, 6.07) is 11.9. The number of methoxy groups -OCH3 is 1. The molecule has 3 rings (SSSR count). The van der Waals surface area contributed by atoms with Gasteiger partial charge in [0, 0.05) is 11.8 Å². The van der Waals surface area contributed by atoms with Crippen molar-refractivity contribution in [1.29, 1.82) is 5.26 Å². The van der Waals surface area contributed by atoms with Crippen LogP contribution in [0, 0.1) is 25.2 Å². The van der Waals surface area contributed by atoms with Gasteiger partial charge in [0.25, 0.3) is 0 Å². The summed E-state index contributed by atoms with van der Waals surface area (Å²) in [4.78, 5) is 8.98. The first-order valence-electron chi connectivity index (χ1n) is 6.95. The Morgan fingerprint density at radius 3 is 2.64 bits per heavy atom. The van der Waals surface area contributed by atoms with Crippen molar-refractivity contribution in [1.82, 2.24) is 9.97 Å². The van der Waals surface area contributed by atoms with Crippen LogP contribution in [0.25, 0.3) is 22.2 Å². The number of nitriles is 1. The zero-order valence-corrected chi connectivity index (χ0v) is 12.7. The molecule has 0 bridgehead atoms. The quantitative estimate of drug-likeness (QED) is 0.720. The first-order valence-corrected chi connectivity index (χ1v) is 6.95. The van der Waals surface area contributed by atoms with Gasteiger partial charge in [0.1, 0.15) is 17.3 Å². The van der Waals surface area contributed by atoms with Gasteiger partial charge in [0.15, 0.2) is 0 Å². The molecule has 0 fully saturated rings. The number of hydrogen-bond donors (Lipinski definition) is 0. The van der Waals surface area contributed by atoms with Gasteiger partial charge in [0.05, 0.1) is 23.9 Å². The van der Waals surface area contributed by atoms with Crippen molar-refractivity contribution < 1.29 is 4.74 Å². The van der Waals surface area contributed by atoms with Gasteiger partial charge < -0.3 is 4.74 Å². The molecule has 0 unspecified atom stereocenters. The third kappa shape index (κ3) is 2.38. The molecule has 0 amide bonds. The van der Waals surface area contributed by atoms with Gasteiger partial charge >= 0.3 is 0 Å². The molecule has 4 nitrogen and oxygen atoms in total. The van der Waals surface area contributed by atoms with E-state index in [1.165, 1.54) is 0 Å². The first-order chi connectivity index (χ1) is 10.6. The summed E-state index contributed by atoms with van der Waals surface area (Å²) in [6.45, 7) is 3.89. The minimum Gasteiger partial charge on any atom is -0.497 e. The molecule has 0 saturated carbocycles. The molecule has 3 aromatic rings. The van der Waals surface area contributed by atoms with E-state index >= 15 is 0 Å². The number of hydrogen-bond acceptors (Lipinski definition) is 4. The highest BCUT2D eigenvalue weighted by atomic mass is 16.5. The Bertz CT molecular complexity index is 910. The standard InChI is InChI=1S/C18H15N3O/c1-11-6-14(8-15(7-11)22-3)16-5-4-13(9-19)17-18(16)20-10-12(2)21-17/h4-8,10H,1-3H3. The highest BCUT2D eigenvalue weighted by Gasteiger charge is 2.12. The van der Waals surface area contributed by atoms with Crippen molar-refractivity contribution in [3.05, 3.63) is 53.3 Å². The maximum Gasteiger partial charge on any atom is 0.119 e. The molecule has 22 heavy (non-hydrogen) atoms. The molecule has 0 spiro atoms. The predicted molar refractivity (Wildman–Crippen MR) is 85.7 cm³/mol. The molecule has 0 aliphatic carbocycles. The van der Waals surface area contributed by atoms with E-state index in [0.717, 1.165) is 33.7 Å². The van der Waals surface area contributed by atoms with Crippen LogP contribution in [0.4, 0.5) is 0 Å². The number of aryl methyl sites for hydroxylation is 2. The zero-order valence-electron chi connectivity index (χ0n) is 12.7. The normalized spacial score (nSPS) is 10.5. The second kappa shape index (κ2) is 5.45. The van der Waals surface area contributed by atoms with Crippen LogP contribution in [0.2, 0.25) is 0 Å². The summed E-state index contributed by atoms with van der Waals surface area (Å²) in [6.07, 6.45) is 1.72. The van der Waals surface area contributed by atoms with E-state index in [-0.39, 0.29) is 0 Å². The SMILES string of the molecule is COc1cc(C)cc(-c2ccc(C#N)c3nc(C)cnc23)c1. The van der Waals surface area contributed by atoms with Crippen LogP contribution in [0.15, 0.2) is 36.5 Å². The van der Waals surface area contributed by atoms with Crippen LogP contribution in [0.5, 0.6) is 5.75 Å². The summed E-state index contributed by atoms with van der Waals surface area (Å²) in [5, 5.41) is 9.28. The molecular weight excluding hydrogens is 274 g/mol. The largest absolute Gasteiger partial charge is 0.497 e. The highest BCUT2D eigenvalue weighted by Crippen LogP contribution is 2.31. The Kier molecular flexibility index (Phi) is 3.48. The van der Waals surface area contributed by atoms with Crippen molar-refractivity contribution in [3.8, 4) is 22.9 Å². The molecule has 4 heteroatoms. The lowest BCUT2D eigenvalue weighted by Gasteiger charge is -2.10. The summed E-state index contributed by atoms with van der Waals surface area (Å²) >= 11 is 0. The minimum absolute atomic E-state index is 0.537. The van der Waals surface area contributed by atoms with Crippen LogP contribution in [-0.2, 0) is 0 Å². The Balaban J connectivity index is 2.33. The Labute approximate surface area is 129 Å². The third-order valence-corrected chi connectivity index (χ3v) is 3.54. The van der Waals surface area contributed by atoms with Crippen molar-refractivity contribution in [3.63, 3.8) is 0 Å². The summed E-state index contributed by atoms with van der Waals surface area (Å²) < 4.78 is 5.34. The fraction of sp³-hybridized carbons (Fsp3) is 0.167. The van der Waals surface area contributed by atoms with Crippen molar-refractivity contribution in [2.45, 2.75) is 13.8 Å². The van der Waals surface area contributed by atoms with Crippen molar-refractivity contribution in [2.75, 3.05) is 7.11 Å². The van der Waals surface area contributed by atoms with Crippen LogP contribution in [0.1, 0.15) is 16.8 Å². The van der Waals surface area contributed by atoms with Gasteiger partial charge in [0.2, 0.25) is 0 Å². The van der Waals surface area contributed by atoms with E-state index in [2.05, 4.69) is 22.1 Å². The van der Waals surface area contributed by atoms with E-state index in [9.17, 15) is 5.26 Å². The van der Waals surface area contributed by atoms with Gasteiger partial charge in [-0.25, -0.2) is 4.98 Å². The van der Waals surface area contributed by atoms with E-state index in [4.69, 9.17) is 4.74 Å². The lowest BCUT2D eigenvalue weighted by atomic mass is 9.99. The molecular formula is C18H15N3O. The van der Waals surface area contributed by atoms with Gasteiger partial charge in [-0.1, -0.05) is 12.1 Å². The highest BCUT2D eigenvalue weighted by molar-refractivity contribution is 5.94. The summed E-state index contributed by atoms with van der Waals surface area (Å²) in [5.74, 6) is 0.799. The van der Waals surface area contributed by atoms with Crippen molar-refractivity contribution >= 4 is 11.0 Å². The van der Waals surface area contributed by atoms with Crippen LogP contribution < -0.4 is 4.74 Å². The molecule has 0 atom stereocenters. The van der Waals surface area contributed by atoms with E-state index in [1.54, 1.807) is 19.4 Å². The van der Waals surface area contributed by atoms with Gasteiger partial charge in [-0.2, -0.15) is 5.26 Å². The van der Waals surface area contributed by atoms with E-state index in [1.807, 2.05) is 32.0 Å². The average molecular weight is 289 g/mol. The molecule has 0 radical (unpaired) electrons. The van der Waals surface area contributed by atoms with Gasteiger partial charge in [-0.3, -0.25) is 4.98 Å². The molecule has 0 N–H and O–H groups in total. The number of aromatic nitrogens is 2. The van der Waals surface area contributed by atoms with Crippen molar-refractivity contribution in [2.24, 2.45) is 0 Å². The van der Waals surface area contributed by atoms with Gasteiger partial charge in [-0.05, 0) is 43.2 Å². The number of fused-ring (bicyclic) bond motifs is 1. The molecule has 1 aromatic heterocycles. The van der Waals surface area contributed by atoms with E-state index in [0.29, 0.717) is 11.1 Å². The Morgan fingerprint density at radius 1 is 1.09 bits per heavy atom. The Hall–Kier alpha value is -2.93. The minimum atomic E-state index is 0.537. The molecule has 0 saturated heterocycles. The third-order valence-electron chi connectivity index (χ3n) is 3.54. The predicted octanol–water partition coefficient (Wildman–Crippen LogP) is 3.79. The van der Waals surface area contributed by atoms with Crippen LogP contribution in [0.3, 0.4) is 0 Å². The number of benzene rings is 2. The molecule has 0 aliphatic heterocycles. The van der Waals surface area contributed by atoms with Crippen LogP contribution >= 0.6 is 0 Å². The lowest BCUT2D eigenvalue weighted by Crippen LogP contribution is -1.94. The number of ether oxygens (including phenoxy) is 1. The number of rotatable bonds is 2. The molecule has 2 aromatic carbocycles. The van der Waals surface area contributed by atoms with Crippen LogP contribution in [-0.4, -0.2) is 17.1 Å². The topological polar surface area (TPSA) is 58.8 Å². The summed E-state index contributed by atoms with van der Waals surface area (Å²) in [7, 11) is 1.65. The number of nitrogens with zero attached hydrogens (tertiary/aromatic N) is 3. The summed E-state index contributed by atoms with van der Waals surface area (Å²) in [5.41, 5.74) is 5.76. The van der Waals surface area contributed by atoms with E-state index < -0.39 is 0 Å². The molecule has 0 aliphatic rings. The monoisotopic (exact) mass is 289 g/mol. The lowest BCUT2D eigenvalue weighted by molar-refractivity contribution is 0.414. The first kappa shape index (κ1) is 14.0. The Morgan fingerprint density at radius 2 is 1.91 bits per heavy atom. The maximum atomic E-state index is 9.28. The van der Waals surface area contributed by atoms with Gasteiger partial charge in [-0.15, -0.1) is 0 Å². The fourth-order valence-electron chi connectivity index (χ4n) is 2.53. The second-order valence-corrected chi connectivity index (χ2v) is 5.22. The molecule has 1 heterocycles. The fourth-order valence-corrected chi connectivity index (χ4v) is 2.53. The average Bonchev–Trinajstić information content (AvgIpc) is 2.52.